The molecule has 1 aliphatic heterocycles. The van der Waals surface area contributed by atoms with Crippen LogP contribution in [0.3, 0.4) is 0 Å². The van der Waals surface area contributed by atoms with Crippen molar-refractivity contribution < 1.29 is 5.11 Å². The van der Waals surface area contributed by atoms with Gasteiger partial charge < -0.3 is 10.0 Å². The van der Waals surface area contributed by atoms with Gasteiger partial charge in [-0.1, -0.05) is 6.42 Å². The van der Waals surface area contributed by atoms with Crippen molar-refractivity contribution in [3.05, 3.63) is 0 Å². The van der Waals surface area contributed by atoms with Crippen LogP contribution in [-0.4, -0.2) is 35.2 Å². The summed E-state index contributed by atoms with van der Waals surface area (Å²) < 4.78 is 0. The van der Waals surface area contributed by atoms with Gasteiger partial charge in [0.25, 0.3) is 0 Å². The van der Waals surface area contributed by atoms with E-state index in [0.29, 0.717) is 12.0 Å². The second-order valence-corrected chi connectivity index (χ2v) is 4.97. The molecule has 2 rings (SSSR count). The van der Waals surface area contributed by atoms with Crippen LogP contribution in [-0.2, 0) is 0 Å². The van der Waals surface area contributed by atoms with E-state index in [2.05, 4.69) is 18.7 Å². The first kappa shape index (κ1) is 9.47. The molecule has 0 radical (unpaired) electrons. The van der Waals surface area contributed by atoms with E-state index in [9.17, 15) is 5.11 Å². The summed E-state index contributed by atoms with van der Waals surface area (Å²) in [4.78, 5) is 2.52. The smallest absolute Gasteiger partial charge is 0.0583 e. The molecule has 0 aromatic rings. The fourth-order valence-corrected chi connectivity index (χ4v) is 2.90. The summed E-state index contributed by atoms with van der Waals surface area (Å²) in [5.41, 5.74) is 0. The lowest BCUT2D eigenvalue weighted by molar-refractivity contribution is 0.0543. The fraction of sp³-hybridized carbons (Fsp3) is 1.00. The summed E-state index contributed by atoms with van der Waals surface area (Å²) >= 11 is 0. The van der Waals surface area contributed by atoms with Crippen LogP contribution in [0, 0.1) is 11.8 Å². The fourth-order valence-electron chi connectivity index (χ4n) is 2.90. The zero-order valence-electron chi connectivity index (χ0n) is 8.74. The predicted octanol–water partition coefficient (Wildman–Crippen LogP) is 1.49. The summed E-state index contributed by atoms with van der Waals surface area (Å²) in [5, 5.41) is 9.85. The Morgan fingerprint density at radius 2 is 2.00 bits per heavy atom. The third-order valence-corrected chi connectivity index (χ3v) is 3.82. The summed E-state index contributed by atoms with van der Waals surface area (Å²) in [6.45, 7) is 6.86. The van der Waals surface area contributed by atoms with Gasteiger partial charge in [0.05, 0.1) is 6.10 Å². The predicted molar refractivity (Wildman–Crippen MR) is 53.5 cm³/mol. The molecule has 1 aliphatic carbocycles. The lowest BCUT2D eigenvalue weighted by Gasteiger charge is -2.28. The van der Waals surface area contributed by atoms with E-state index in [1.807, 2.05) is 0 Å². The number of hydrogen-bond donors (Lipinski definition) is 1. The van der Waals surface area contributed by atoms with Crippen molar-refractivity contribution in [2.24, 2.45) is 11.8 Å². The molecule has 1 saturated carbocycles. The largest absolute Gasteiger partial charge is 0.393 e. The summed E-state index contributed by atoms with van der Waals surface area (Å²) in [7, 11) is 0. The molecule has 0 amide bonds. The number of aliphatic hydroxyl groups excluding tert-OH is 1. The molecule has 0 spiro atoms. The lowest BCUT2D eigenvalue weighted by atomic mass is 9.80. The van der Waals surface area contributed by atoms with Gasteiger partial charge in [0, 0.05) is 25.0 Å². The van der Waals surface area contributed by atoms with E-state index >= 15 is 0 Å². The zero-order valence-corrected chi connectivity index (χ0v) is 8.74. The van der Waals surface area contributed by atoms with Crippen LogP contribution in [0.25, 0.3) is 0 Å². The van der Waals surface area contributed by atoms with Gasteiger partial charge in [-0.3, -0.25) is 0 Å². The molecule has 2 heteroatoms. The quantitative estimate of drug-likeness (QED) is 0.665. The Bertz CT molecular complexity index is 181. The Morgan fingerprint density at radius 1 is 1.23 bits per heavy atom. The maximum Gasteiger partial charge on any atom is 0.0583 e. The summed E-state index contributed by atoms with van der Waals surface area (Å²) in [6.07, 6.45) is 3.59. The molecule has 3 atom stereocenters. The van der Waals surface area contributed by atoms with Crippen LogP contribution in [0.2, 0.25) is 0 Å². The first-order valence-electron chi connectivity index (χ1n) is 5.60. The Morgan fingerprint density at radius 3 is 2.62 bits per heavy atom. The van der Waals surface area contributed by atoms with Gasteiger partial charge in [0.15, 0.2) is 0 Å². The van der Waals surface area contributed by atoms with Crippen LogP contribution < -0.4 is 0 Å². The molecular formula is C11H21NO. The Hall–Kier alpha value is -0.0800. The second-order valence-electron chi connectivity index (χ2n) is 4.97. The van der Waals surface area contributed by atoms with Crippen molar-refractivity contribution in [2.75, 3.05) is 13.1 Å². The van der Waals surface area contributed by atoms with E-state index in [4.69, 9.17) is 0 Å². The third-order valence-electron chi connectivity index (χ3n) is 3.82. The molecule has 2 nitrogen and oxygen atoms in total. The minimum atomic E-state index is -0.0116. The molecule has 3 unspecified atom stereocenters. The number of likely N-dealkylation sites (tertiary alicyclic amines) is 1. The Labute approximate surface area is 80.9 Å². The highest BCUT2D eigenvalue weighted by Gasteiger charge is 2.39. The number of nitrogens with zero attached hydrogens (tertiary/aromatic N) is 1. The van der Waals surface area contributed by atoms with E-state index in [1.54, 1.807) is 0 Å². The molecule has 2 aliphatic rings. The minimum Gasteiger partial charge on any atom is -0.393 e. The van der Waals surface area contributed by atoms with Gasteiger partial charge in [0.1, 0.15) is 0 Å². The highest BCUT2D eigenvalue weighted by atomic mass is 16.3. The van der Waals surface area contributed by atoms with Gasteiger partial charge in [-0.05, 0) is 32.6 Å². The molecule has 1 N–H and O–H groups in total. The Balaban J connectivity index is 2.00. The third kappa shape index (κ3) is 1.75. The van der Waals surface area contributed by atoms with Crippen molar-refractivity contribution in [3.63, 3.8) is 0 Å². The highest BCUT2D eigenvalue weighted by molar-refractivity contribution is 4.92. The molecule has 76 valence electrons. The molecule has 13 heavy (non-hydrogen) atoms. The van der Waals surface area contributed by atoms with Crippen LogP contribution in [0.5, 0.6) is 0 Å². The van der Waals surface area contributed by atoms with Crippen LogP contribution >= 0.6 is 0 Å². The van der Waals surface area contributed by atoms with Crippen molar-refractivity contribution in [1.29, 1.82) is 0 Å². The average Bonchev–Trinajstić information content (AvgIpc) is 2.49. The lowest BCUT2D eigenvalue weighted by Crippen LogP contribution is -2.32. The molecule has 1 saturated heterocycles. The number of rotatable bonds is 1. The maximum atomic E-state index is 9.85. The summed E-state index contributed by atoms with van der Waals surface area (Å²) in [6, 6.07) is 0.651. The molecule has 0 aromatic carbocycles. The Kier molecular flexibility index (Phi) is 2.61. The van der Waals surface area contributed by atoms with Crippen LogP contribution in [0.4, 0.5) is 0 Å². The molecular weight excluding hydrogens is 162 g/mol. The monoisotopic (exact) mass is 183 g/mol. The van der Waals surface area contributed by atoms with Gasteiger partial charge in [0.2, 0.25) is 0 Å². The van der Waals surface area contributed by atoms with Crippen LogP contribution in [0.15, 0.2) is 0 Å². The molecule has 1 heterocycles. The second kappa shape index (κ2) is 3.58. The number of aliphatic hydroxyl groups is 1. The first-order valence-corrected chi connectivity index (χ1v) is 5.60. The van der Waals surface area contributed by atoms with Crippen LogP contribution in [0.1, 0.15) is 33.1 Å². The summed E-state index contributed by atoms with van der Waals surface area (Å²) in [5.74, 6) is 1.36. The first-order chi connectivity index (χ1) is 6.18. The zero-order chi connectivity index (χ0) is 9.42. The normalized spacial score (nSPS) is 41.1. The van der Waals surface area contributed by atoms with E-state index in [0.717, 1.165) is 18.9 Å². The van der Waals surface area contributed by atoms with Gasteiger partial charge >= 0.3 is 0 Å². The maximum absolute atomic E-state index is 9.85. The SMILES string of the molecule is CC(C)N1CC2CCCC(O)C2C1. The molecule has 2 fully saturated rings. The van der Waals surface area contributed by atoms with Crippen molar-refractivity contribution >= 4 is 0 Å². The minimum absolute atomic E-state index is 0.0116. The van der Waals surface area contributed by atoms with Gasteiger partial charge in [-0.25, -0.2) is 0 Å². The van der Waals surface area contributed by atoms with Gasteiger partial charge in [-0.2, -0.15) is 0 Å². The topological polar surface area (TPSA) is 23.5 Å². The number of fused-ring (bicyclic) bond motifs is 1. The van der Waals surface area contributed by atoms with Gasteiger partial charge in [-0.15, -0.1) is 0 Å². The average molecular weight is 183 g/mol. The molecule has 0 aromatic heterocycles. The van der Waals surface area contributed by atoms with Crippen molar-refractivity contribution in [3.8, 4) is 0 Å². The van der Waals surface area contributed by atoms with Crippen molar-refractivity contribution in [2.45, 2.75) is 45.3 Å². The highest BCUT2D eigenvalue weighted by Crippen LogP contribution is 2.36. The van der Waals surface area contributed by atoms with Crippen molar-refractivity contribution in [1.82, 2.24) is 4.90 Å². The van der Waals surface area contributed by atoms with E-state index in [-0.39, 0.29) is 6.10 Å². The van der Waals surface area contributed by atoms with E-state index < -0.39 is 0 Å². The molecule has 0 bridgehead atoms. The number of hydrogen-bond acceptors (Lipinski definition) is 2. The van der Waals surface area contributed by atoms with E-state index in [1.165, 1.54) is 19.4 Å². The standard InChI is InChI=1S/C11H21NO/c1-8(2)12-6-9-4-3-5-11(13)10(9)7-12/h8-11,13H,3-7H2,1-2H3.